The summed E-state index contributed by atoms with van der Waals surface area (Å²) in [4.78, 5) is 26.8. The van der Waals surface area contributed by atoms with Gasteiger partial charge in [-0.05, 0) is 72.0 Å². The van der Waals surface area contributed by atoms with Crippen molar-refractivity contribution in [2.45, 2.75) is 19.8 Å². The van der Waals surface area contributed by atoms with E-state index in [1.165, 1.54) is 12.1 Å². The lowest BCUT2D eigenvalue weighted by atomic mass is 9.83. The molecule has 1 amide bonds. The van der Waals surface area contributed by atoms with Crippen LogP contribution in [0.5, 0.6) is 0 Å². The van der Waals surface area contributed by atoms with Crippen LogP contribution >= 0.6 is 0 Å². The average molecular weight is 567 g/mol. The highest BCUT2D eigenvalue weighted by Gasteiger charge is 2.28. The minimum atomic E-state index is -0.251. The summed E-state index contributed by atoms with van der Waals surface area (Å²) >= 11 is 0. The standard InChI is InChI=1S/C35H27FN6O/c1-2-21-16-29-28(22-11-13-26(36)14-12-22)9-6-10-31(29)40-32(21)33-30-17-25(19-38-34(30)42-41-33)24-15-27(20-37-18-24)39-35(43)23-7-4-3-5-8-23/h3-15,17-21H,2,16H2,1H3,(H,39,43)(H,38,41,42). The zero-order valence-electron chi connectivity index (χ0n) is 23.4. The second-order valence-corrected chi connectivity index (χ2v) is 10.6. The van der Waals surface area contributed by atoms with E-state index >= 15 is 0 Å². The van der Waals surface area contributed by atoms with Crippen molar-refractivity contribution in [3.8, 4) is 22.3 Å². The summed E-state index contributed by atoms with van der Waals surface area (Å²) in [6.07, 6.45) is 6.83. The molecule has 8 heteroatoms. The zero-order valence-corrected chi connectivity index (χ0v) is 23.4. The lowest BCUT2D eigenvalue weighted by Gasteiger charge is -2.25. The third kappa shape index (κ3) is 5.08. The Balaban J connectivity index is 1.25. The Morgan fingerprint density at radius 1 is 0.930 bits per heavy atom. The van der Waals surface area contributed by atoms with Crippen LogP contribution in [0.25, 0.3) is 33.3 Å². The molecule has 3 aromatic carbocycles. The van der Waals surface area contributed by atoms with Gasteiger partial charge in [-0.2, -0.15) is 5.10 Å². The van der Waals surface area contributed by atoms with Crippen LogP contribution < -0.4 is 5.32 Å². The molecule has 0 spiro atoms. The zero-order chi connectivity index (χ0) is 29.3. The topological polar surface area (TPSA) is 95.9 Å². The highest BCUT2D eigenvalue weighted by molar-refractivity contribution is 6.12. The molecule has 3 aromatic heterocycles. The predicted octanol–water partition coefficient (Wildman–Crippen LogP) is 7.78. The average Bonchev–Trinajstić information content (AvgIpc) is 3.48. The number of rotatable bonds is 6. The molecule has 210 valence electrons. The molecule has 1 aliphatic heterocycles. The Kier molecular flexibility index (Phi) is 6.79. The first-order valence-electron chi connectivity index (χ1n) is 14.2. The molecule has 0 aliphatic carbocycles. The van der Waals surface area contributed by atoms with E-state index in [1.807, 2.05) is 54.6 Å². The molecule has 7 rings (SSSR count). The minimum absolute atomic E-state index is 0.152. The van der Waals surface area contributed by atoms with Crippen LogP contribution in [0.15, 0.2) is 109 Å². The van der Waals surface area contributed by atoms with E-state index in [2.05, 4.69) is 38.5 Å². The number of aliphatic imine (C=N–C) groups is 1. The smallest absolute Gasteiger partial charge is 0.255 e. The molecule has 0 saturated heterocycles. The number of carbonyl (C=O) groups excluding carboxylic acids is 1. The number of hydrogen-bond acceptors (Lipinski definition) is 5. The molecule has 1 aliphatic rings. The first-order valence-corrected chi connectivity index (χ1v) is 14.2. The fourth-order valence-electron chi connectivity index (χ4n) is 5.67. The van der Waals surface area contributed by atoms with Crippen LogP contribution in [-0.4, -0.2) is 31.8 Å². The number of anilines is 1. The Hall–Kier alpha value is -5.50. The number of nitrogens with zero attached hydrogens (tertiary/aromatic N) is 4. The maximum atomic E-state index is 13.6. The molecule has 6 aromatic rings. The van der Waals surface area contributed by atoms with Gasteiger partial charge in [-0.3, -0.25) is 19.9 Å². The number of H-pyrrole nitrogens is 1. The molecule has 1 unspecified atom stereocenters. The van der Waals surface area contributed by atoms with E-state index < -0.39 is 0 Å². The number of amides is 1. The molecule has 1 atom stereocenters. The van der Waals surface area contributed by atoms with E-state index in [4.69, 9.17) is 4.99 Å². The van der Waals surface area contributed by atoms with E-state index in [0.29, 0.717) is 16.9 Å². The second kappa shape index (κ2) is 11.1. The number of halogens is 1. The van der Waals surface area contributed by atoms with Crippen molar-refractivity contribution in [1.82, 2.24) is 20.2 Å². The Morgan fingerprint density at radius 2 is 1.74 bits per heavy atom. The van der Waals surface area contributed by atoms with Crippen molar-refractivity contribution in [3.05, 3.63) is 126 Å². The number of hydrogen-bond donors (Lipinski definition) is 2. The van der Waals surface area contributed by atoms with Crippen molar-refractivity contribution < 1.29 is 9.18 Å². The van der Waals surface area contributed by atoms with Crippen molar-refractivity contribution in [2.75, 3.05) is 5.32 Å². The summed E-state index contributed by atoms with van der Waals surface area (Å²) < 4.78 is 13.6. The summed E-state index contributed by atoms with van der Waals surface area (Å²) in [6, 6.07) is 25.7. The van der Waals surface area contributed by atoms with Gasteiger partial charge >= 0.3 is 0 Å². The molecule has 0 radical (unpaired) electrons. The van der Waals surface area contributed by atoms with Gasteiger partial charge in [0.25, 0.3) is 5.91 Å². The maximum absolute atomic E-state index is 13.6. The summed E-state index contributed by atoms with van der Waals surface area (Å²) in [5.41, 5.74) is 9.33. The number of aromatic amines is 1. The van der Waals surface area contributed by atoms with Gasteiger partial charge in [0.2, 0.25) is 0 Å². The monoisotopic (exact) mass is 566 g/mol. The molecule has 7 nitrogen and oxygen atoms in total. The fraction of sp³-hybridized carbons (Fsp3) is 0.114. The van der Waals surface area contributed by atoms with Gasteiger partial charge in [-0.1, -0.05) is 49.4 Å². The van der Waals surface area contributed by atoms with Crippen molar-refractivity contribution >= 4 is 34.0 Å². The summed E-state index contributed by atoms with van der Waals surface area (Å²) in [5.74, 6) is -0.299. The van der Waals surface area contributed by atoms with Crippen LogP contribution in [0.3, 0.4) is 0 Å². The van der Waals surface area contributed by atoms with Gasteiger partial charge in [-0.25, -0.2) is 9.37 Å². The highest BCUT2D eigenvalue weighted by Crippen LogP contribution is 2.39. The number of nitrogens with one attached hydrogen (secondary N) is 2. The molecule has 2 N–H and O–H groups in total. The van der Waals surface area contributed by atoms with E-state index in [-0.39, 0.29) is 17.6 Å². The first kappa shape index (κ1) is 26.4. The van der Waals surface area contributed by atoms with Crippen LogP contribution in [0.1, 0.15) is 35.0 Å². The normalized spacial score (nSPS) is 14.3. The van der Waals surface area contributed by atoms with Crippen molar-refractivity contribution in [1.29, 1.82) is 0 Å². The quantitative estimate of drug-likeness (QED) is 0.215. The van der Waals surface area contributed by atoms with Gasteiger partial charge in [-0.15, -0.1) is 0 Å². The molecule has 0 saturated carbocycles. The molecule has 4 heterocycles. The SMILES string of the molecule is CCC1Cc2c(cccc2-c2ccc(F)cc2)N=C1c1[nH]nc2ncc(-c3cncc(NC(=O)c4ccccc4)c3)cc12. The molecule has 0 bridgehead atoms. The van der Waals surface area contributed by atoms with E-state index in [9.17, 15) is 9.18 Å². The first-order chi connectivity index (χ1) is 21.1. The minimum Gasteiger partial charge on any atom is -0.321 e. The van der Waals surface area contributed by atoms with Crippen LogP contribution in [-0.2, 0) is 6.42 Å². The lowest BCUT2D eigenvalue weighted by Crippen LogP contribution is -2.22. The molecular weight excluding hydrogens is 539 g/mol. The van der Waals surface area contributed by atoms with Gasteiger partial charge in [0.15, 0.2) is 5.65 Å². The van der Waals surface area contributed by atoms with Crippen LogP contribution in [0.2, 0.25) is 0 Å². The number of pyridine rings is 2. The van der Waals surface area contributed by atoms with E-state index in [0.717, 1.165) is 63.1 Å². The maximum Gasteiger partial charge on any atom is 0.255 e. The number of benzene rings is 3. The lowest BCUT2D eigenvalue weighted by molar-refractivity contribution is 0.102. The highest BCUT2D eigenvalue weighted by atomic mass is 19.1. The third-order valence-corrected chi connectivity index (χ3v) is 7.91. The van der Waals surface area contributed by atoms with Crippen LogP contribution in [0.4, 0.5) is 15.8 Å². The fourth-order valence-corrected chi connectivity index (χ4v) is 5.67. The number of aromatic nitrogens is 4. The summed E-state index contributed by atoms with van der Waals surface area (Å²) in [6.45, 7) is 2.16. The van der Waals surface area contributed by atoms with Crippen molar-refractivity contribution in [2.24, 2.45) is 10.9 Å². The van der Waals surface area contributed by atoms with Crippen LogP contribution in [0, 0.1) is 11.7 Å². The van der Waals surface area contributed by atoms with Gasteiger partial charge in [0.05, 0.1) is 29.0 Å². The van der Waals surface area contributed by atoms with Gasteiger partial charge < -0.3 is 5.32 Å². The predicted molar refractivity (Wildman–Crippen MR) is 167 cm³/mol. The third-order valence-electron chi connectivity index (χ3n) is 7.91. The Labute approximate surface area is 247 Å². The number of fused-ring (bicyclic) bond motifs is 2. The second-order valence-electron chi connectivity index (χ2n) is 10.6. The Morgan fingerprint density at radius 3 is 2.56 bits per heavy atom. The molecule has 43 heavy (non-hydrogen) atoms. The summed E-state index contributed by atoms with van der Waals surface area (Å²) in [7, 11) is 0. The van der Waals surface area contributed by atoms with E-state index in [1.54, 1.807) is 30.7 Å². The largest absolute Gasteiger partial charge is 0.321 e. The Bertz CT molecular complexity index is 2000. The van der Waals surface area contributed by atoms with Crippen molar-refractivity contribution in [3.63, 3.8) is 0 Å². The van der Waals surface area contributed by atoms with Gasteiger partial charge in [0, 0.05) is 40.4 Å². The van der Waals surface area contributed by atoms with Gasteiger partial charge in [0.1, 0.15) is 5.82 Å². The number of carbonyl (C=O) groups is 1. The summed E-state index contributed by atoms with van der Waals surface area (Å²) in [5, 5.41) is 11.5. The molecule has 0 fully saturated rings. The molecular formula is C35H27FN6O.